The summed E-state index contributed by atoms with van der Waals surface area (Å²) in [6.07, 6.45) is 0.440. The quantitative estimate of drug-likeness (QED) is 0.892. The molecule has 0 aliphatic heterocycles. The number of rotatable bonds is 3. The van der Waals surface area contributed by atoms with Gasteiger partial charge in [0.25, 0.3) is 0 Å². The molecule has 0 aliphatic rings. The van der Waals surface area contributed by atoms with Crippen LogP contribution in [0.25, 0.3) is 11.0 Å². The summed E-state index contributed by atoms with van der Waals surface area (Å²) in [5.41, 5.74) is 1.87. The summed E-state index contributed by atoms with van der Waals surface area (Å²) in [6.45, 7) is 4.67. The zero-order valence-electron chi connectivity index (χ0n) is 9.44. The van der Waals surface area contributed by atoms with E-state index < -0.39 is 6.10 Å². The van der Waals surface area contributed by atoms with Crippen LogP contribution in [0.3, 0.4) is 0 Å². The van der Waals surface area contributed by atoms with Crippen LogP contribution in [0.1, 0.15) is 32.2 Å². The van der Waals surface area contributed by atoms with Crippen LogP contribution < -0.4 is 0 Å². The van der Waals surface area contributed by atoms with Crippen molar-refractivity contribution in [1.29, 1.82) is 0 Å². The van der Waals surface area contributed by atoms with Crippen LogP contribution in [0.5, 0.6) is 0 Å². The lowest BCUT2D eigenvalue weighted by atomic mass is 10.3. The lowest BCUT2D eigenvalue weighted by Gasteiger charge is -2.09. The van der Waals surface area contributed by atoms with Crippen molar-refractivity contribution < 1.29 is 5.11 Å². The number of hydrogen-bond donors (Lipinski definition) is 1. The van der Waals surface area contributed by atoms with Crippen LogP contribution >= 0.6 is 11.6 Å². The number of aliphatic hydroxyl groups excluding tert-OH is 1. The first kappa shape index (κ1) is 11.4. The van der Waals surface area contributed by atoms with Crippen molar-refractivity contribution in [1.82, 2.24) is 9.55 Å². The molecule has 0 aliphatic carbocycles. The number of hydrogen-bond acceptors (Lipinski definition) is 2. The first-order valence-electron chi connectivity index (χ1n) is 5.47. The van der Waals surface area contributed by atoms with E-state index in [4.69, 9.17) is 11.6 Å². The first-order valence-corrected chi connectivity index (χ1v) is 5.85. The van der Waals surface area contributed by atoms with E-state index in [1.54, 1.807) is 6.92 Å². The van der Waals surface area contributed by atoms with Crippen LogP contribution in [-0.4, -0.2) is 14.7 Å². The van der Waals surface area contributed by atoms with E-state index in [0.29, 0.717) is 10.8 Å². The molecule has 1 atom stereocenters. The number of imidazole rings is 1. The Balaban J connectivity index is 2.67. The zero-order valence-corrected chi connectivity index (χ0v) is 10.2. The SMILES string of the molecule is CCCn1c([C@H](C)O)nc2ccc(Cl)cc21. The Morgan fingerprint density at radius 1 is 1.50 bits per heavy atom. The average Bonchev–Trinajstić information content (AvgIpc) is 2.58. The van der Waals surface area contributed by atoms with E-state index in [1.165, 1.54) is 0 Å². The molecule has 2 rings (SSSR count). The molecule has 3 nitrogen and oxygen atoms in total. The van der Waals surface area contributed by atoms with Crippen molar-refractivity contribution in [2.45, 2.75) is 32.9 Å². The second kappa shape index (κ2) is 4.44. The normalized spacial score (nSPS) is 13.2. The predicted molar refractivity (Wildman–Crippen MR) is 65.7 cm³/mol. The molecular formula is C12H15ClN2O. The molecule has 0 radical (unpaired) electrons. The number of aromatic nitrogens is 2. The predicted octanol–water partition coefficient (Wildman–Crippen LogP) is 3.15. The minimum Gasteiger partial charge on any atom is -0.385 e. The van der Waals surface area contributed by atoms with E-state index in [1.807, 2.05) is 22.8 Å². The van der Waals surface area contributed by atoms with Gasteiger partial charge in [0, 0.05) is 11.6 Å². The maximum Gasteiger partial charge on any atom is 0.138 e. The molecule has 0 saturated heterocycles. The molecule has 1 aromatic heterocycles. The summed E-state index contributed by atoms with van der Waals surface area (Å²) in [4.78, 5) is 4.43. The minimum absolute atomic E-state index is 0.558. The third-order valence-electron chi connectivity index (χ3n) is 2.56. The molecule has 0 amide bonds. The molecule has 0 unspecified atom stereocenters. The lowest BCUT2D eigenvalue weighted by molar-refractivity contribution is 0.184. The standard InChI is InChI=1S/C12H15ClN2O/c1-3-6-15-11-7-9(13)4-5-10(11)14-12(15)8(2)16/h4-5,7-8,16H,3,6H2,1-2H3/t8-/m0/s1. The second-order valence-corrected chi connectivity index (χ2v) is 4.37. The summed E-state index contributed by atoms with van der Waals surface area (Å²) in [5.74, 6) is 0.708. The molecule has 1 aromatic carbocycles. The van der Waals surface area contributed by atoms with E-state index in [9.17, 15) is 5.11 Å². The molecule has 1 heterocycles. The fourth-order valence-corrected chi connectivity index (χ4v) is 2.06. The van der Waals surface area contributed by atoms with E-state index in [0.717, 1.165) is 24.0 Å². The van der Waals surface area contributed by atoms with Gasteiger partial charge in [0.15, 0.2) is 0 Å². The molecule has 86 valence electrons. The van der Waals surface area contributed by atoms with E-state index >= 15 is 0 Å². The van der Waals surface area contributed by atoms with Gasteiger partial charge in [0.2, 0.25) is 0 Å². The molecule has 0 bridgehead atoms. The van der Waals surface area contributed by atoms with Crippen LogP contribution in [0, 0.1) is 0 Å². The fourth-order valence-electron chi connectivity index (χ4n) is 1.89. The summed E-state index contributed by atoms with van der Waals surface area (Å²) < 4.78 is 2.03. The number of aliphatic hydroxyl groups is 1. The maximum absolute atomic E-state index is 9.69. The smallest absolute Gasteiger partial charge is 0.138 e. The van der Waals surface area contributed by atoms with Crippen molar-refractivity contribution in [3.05, 3.63) is 29.0 Å². The van der Waals surface area contributed by atoms with E-state index in [2.05, 4.69) is 11.9 Å². The molecule has 0 spiro atoms. The summed E-state index contributed by atoms with van der Waals surface area (Å²) in [6, 6.07) is 5.60. The van der Waals surface area contributed by atoms with Gasteiger partial charge in [-0.1, -0.05) is 18.5 Å². The molecule has 1 N–H and O–H groups in total. The Kier molecular flexibility index (Phi) is 3.17. The number of nitrogens with zero attached hydrogens (tertiary/aromatic N) is 2. The van der Waals surface area contributed by atoms with Crippen LogP contribution in [-0.2, 0) is 6.54 Å². The van der Waals surface area contributed by atoms with Gasteiger partial charge in [0.1, 0.15) is 11.9 Å². The third-order valence-corrected chi connectivity index (χ3v) is 2.80. The highest BCUT2D eigenvalue weighted by Crippen LogP contribution is 2.24. The summed E-state index contributed by atoms with van der Waals surface area (Å²) in [7, 11) is 0. The van der Waals surface area contributed by atoms with Gasteiger partial charge >= 0.3 is 0 Å². The van der Waals surface area contributed by atoms with Crippen LogP contribution in [0.15, 0.2) is 18.2 Å². The zero-order chi connectivity index (χ0) is 11.7. The van der Waals surface area contributed by atoms with Gasteiger partial charge in [-0.25, -0.2) is 4.98 Å². The van der Waals surface area contributed by atoms with Gasteiger partial charge in [-0.2, -0.15) is 0 Å². The Labute approximate surface area is 99.7 Å². The van der Waals surface area contributed by atoms with Gasteiger partial charge in [0.05, 0.1) is 11.0 Å². The lowest BCUT2D eigenvalue weighted by Crippen LogP contribution is -2.06. The Morgan fingerprint density at radius 3 is 2.88 bits per heavy atom. The molecule has 0 saturated carbocycles. The Bertz CT molecular complexity index is 505. The molecule has 16 heavy (non-hydrogen) atoms. The van der Waals surface area contributed by atoms with Crippen molar-refractivity contribution in [3.8, 4) is 0 Å². The second-order valence-electron chi connectivity index (χ2n) is 3.93. The average molecular weight is 239 g/mol. The van der Waals surface area contributed by atoms with Gasteiger partial charge in [-0.3, -0.25) is 0 Å². The molecule has 4 heteroatoms. The molecule has 0 fully saturated rings. The molecular weight excluding hydrogens is 224 g/mol. The topological polar surface area (TPSA) is 38.0 Å². The first-order chi connectivity index (χ1) is 7.63. The molecule has 2 aromatic rings. The number of benzene rings is 1. The van der Waals surface area contributed by atoms with Crippen molar-refractivity contribution in [2.24, 2.45) is 0 Å². The Hall–Kier alpha value is -1.06. The summed E-state index contributed by atoms with van der Waals surface area (Å²) in [5, 5.41) is 10.4. The highest BCUT2D eigenvalue weighted by Gasteiger charge is 2.14. The van der Waals surface area contributed by atoms with Crippen molar-refractivity contribution in [3.63, 3.8) is 0 Å². The minimum atomic E-state index is -0.558. The van der Waals surface area contributed by atoms with Gasteiger partial charge in [-0.15, -0.1) is 0 Å². The summed E-state index contributed by atoms with van der Waals surface area (Å²) >= 11 is 5.98. The van der Waals surface area contributed by atoms with Crippen molar-refractivity contribution >= 4 is 22.6 Å². The van der Waals surface area contributed by atoms with Crippen molar-refractivity contribution in [2.75, 3.05) is 0 Å². The fraction of sp³-hybridized carbons (Fsp3) is 0.417. The number of halogens is 1. The van der Waals surface area contributed by atoms with Crippen LogP contribution in [0.4, 0.5) is 0 Å². The van der Waals surface area contributed by atoms with E-state index in [-0.39, 0.29) is 0 Å². The Morgan fingerprint density at radius 2 is 2.25 bits per heavy atom. The maximum atomic E-state index is 9.69. The third kappa shape index (κ3) is 1.93. The van der Waals surface area contributed by atoms with Gasteiger partial charge < -0.3 is 9.67 Å². The number of aryl methyl sites for hydroxylation is 1. The monoisotopic (exact) mass is 238 g/mol. The van der Waals surface area contributed by atoms with Crippen LogP contribution in [0.2, 0.25) is 5.02 Å². The highest BCUT2D eigenvalue weighted by atomic mass is 35.5. The highest BCUT2D eigenvalue weighted by molar-refractivity contribution is 6.31. The van der Waals surface area contributed by atoms with Gasteiger partial charge in [-0.05, 0) is 31.5 Å². The largest absolute Gasteiger partial charge is 0.385 e. The number of fused-ring (bicyclic) bond motifs is 1.